The van der Waals surface area contributed by atoms with E-state index in [1.807, 2.05) is 5.32 Å². The number of aromatic nitrogens is 2. The third-order valence-corrected chi connectivity index (χ3v) is 6.18. The smallest absolute Gasteiger partial charge is 0.345 e. The van der Waals surface area contributed by atoms with Gasteiger partial charge >= 0.3 is 12.2 Å². The van der Waals surface area contributed by atoms with Crippen LogP contribution < -0.4 is 10.2 Å². The molecule has 0 spiro atoms. The molecular formula is C21H11F5N4O2S. The zero-order valence-electron chi connectivity index (χ0n) is 16.2. The molecule has 2 aromatic heterocycles. The van der Waals surface area contributed by atoms with Crippen molar-refractivity contribution in [3.05, 3.63) is 70.2 Å². The SMILES string of the molecule is O=C1NC(=O)N(c2ccc3nc[nH]c3c2)C1c1c(F)cc(-c2csc(C(F)(F)F)c2)cc1F. The Morgan fingerprint density at radius 2 is 1.73 bits per heavy atom. The van der Waals surface area contributed by atoms with Gasteiger partial charge in [0.1, 0.15) is 22.6 Å². The minimum absolute atomic E-state index is 0.0230. The first-order chi connectivity index (χ1) is 15.6. The Bertz CT molecular complexity index is 1400. The summed E-state index contributed by atoms with van der Waals surface area (Å²) in [5.74, 6) is -3.29. The van der Waals surface area contributed by atoms with Crippen molar-refractivity contribution in [1.29, 1.82) is 0 Å². The van der Waals surface area contributed by atoms with Crippen molar-refractivity contribution < 1.29 is 31.5 Å². The van der Waals surface area contributed by atoms with Crippen LogP contribution in [0.15, 0.2) is 48.1 Å². The van der Waals surface area contributed by atoms with Crippen molar-refractivity contribution >= 4 is 40.0 Å². The summed E-state index contributed by atoms with van der Waals surface area (Å²) in [7, 11) is 0. The lowest BCUT2D eigenvalue weighted by molar-refractivity contribution is -0.134. The molecule has 4 aromatic rings. The van der Waals surface area contributed by atoms with Crippen LogP contribution in [0.2, 0.25) is 0 Å². The molecule has 1 aliphatic rings. The molecule has 33 heavy (non-hydrogen) atoms. The number of alkyl halides is 3. The molecule has 0 radical (unpaired) electrons. The van der Waals surface area contributed by atoms with Crippen LogP contribution in [0.3, 0.4) is 0 Å². The van der Waals surface area contributed by atoms with Crippen LogP contribution in [-0.2, 0) is 11.0 Å². The van der Waals surface area contributed by atoms with Crippen molar-refractivity contribution in [2.75, 3.05) is 4.90 Å². The maximum atomic E-state index is 15.1. The van der Waals surface area contributed by atoms with E-state index in [0.717, 1.165) is 28.5 Å². The standard InChI is InChI=1S/C21H11F5N4O2S/c22-12-3-9(10-5-16(33-7-10)21(24,25)26)4-13(23)17(12)18-19(31)29-20(32)30(18)11-1-2-14-15(6-11)28-8-27-14/h1-8,18H,(H,27,28)(H,29,31,32). The number of urea groups is 1. The second-order valence-corrected chi connectivity index (χ2v) is 8.13. The molecule has 2 N–H and O–H groups in total. The number of H-pyrrole nitrogens is 1. The van der Waals surface area contributed by atoms with Crippen LogP contribution in [0.5, 0.6) is 0 Å². The van der Waals surface area contributed by atoms with Crippen LogP contribution >= 0.6 is 11.3 Å². The van der Waals surface area contributed by atoms with E-state index in [-0.39, 0.29) is 16.8 Å². The van der Waals surface area contributed by atoms with Crippen molar-refractivity contribution in [2.45, 2.75) is 12.2 Å². The Morgan fingerprint density at radius 3 is 2.39 bits per heavy atom. The van der Waals surface area contributed by atoms with Crippen molar-refractivity contribution in [3.63, 3.8) is 0 Å². The molecule has 1 aliphatic heterocycles. The summed E-state index contributed by atoms with van der Waals surface area (Å²) >= 11 is 0.398. The summed E-state index contributed by atoms with van der Waals surface area (Å²) < 4.78 is 68.8. The molecule has 1 fully saturated rings. The molecule has 168 valence electrons. The lowest BCUT2D eigenvalue weighted by Crippen LogP contribution is -2.30. The number of hydrogen-bond acceptors (Lipinski definition) is 4. The van der Waals surface area contributed by atoms with Gasteiger partial charge in [0.15, 0.2) is 0 Å². The van der Waals surface area contributed by atoms with Gasteiger partial charge in [0.2, 0.25) is 0 Å². The number of hydrogen-bond donors (Lipinski definition) is 2. The summed E-state index contributed by atoms with van der Waals surface area (Å²) in [4.78, 5) is 31.9. The number of aromatic amines is 1. The highest BCUT2D eigenvalue weighted by atomic mass is 32.1. The molecule has 3 amide bonds. The number of rotatable bonds is 3. The Balaban J connectivity index is 1.57. The summed E-state index contributed by atoms with van der Waals surface area (Å²) in [6, 6.07) is 4.49. The van der Waals surface area contributed by atoms with E-state index in [2.05, 4.69) is 9.97 Å². The van der Waals surface area contributed by atoms with Crippen molar-refractivity contribution in [1.82, 2.24) is 15.3 Å². The third kappa shape index (κ3) is 3.52. The fourth-order valence-electron chi connectivity index (χ4n) is 3.72. The van der Waals surface area contributed by atoms with Gasteiger partial charge in [-0.25, -0.2) is 18.6 Å². The first-order valence-electron chi connectivity index (χ1n) is 9.35. The van der Waals surface area contributed by atoms with E-state index in [9.17, 15) is 22.8 Å². The molecule has 0 bridgehead atoms. The van der Waals surface area contributed by atoms with E-state index in [1.165, 1.54) is 18.5 Å². The largest absolute Gasteiger partial charge is 0.425 e. The highest BCUT2D eigenvalue weighted by Crippen LogP contribution is 2.40. The van der Waals surface area contributed by atoms with Crippen molar-refractivity contribution in [3.8, 4) is 11.1 Å². The number of imide groups is 1. The van der Waals surface area contributed by atoms with Gasteiger partial charge in [0.05, 0.1) is 22.9 Å². The highest BCUT2D eigenvalue weighted by molar-refractivity contribution is 7.10. The van der Waals surface area contributed by atoms with Crippen LogP contribution in [0, 0.1) is 11.6 Å². The second-order valence-electron chi connectivity index (χ2n) is 7.22. The molecule has 1 saturated heterocycles. The summed E-state index contributed by atoms with van der Waals surface area (Å²) in [5.41, 5.74) is 0.458. The molecule has 0 saturated carbocycles. The average Bonchev–Trinajstić information content (AvgIpc) is 3.46. The Kier molecular flexibility index (Phi) is 4.71. The van der Waals surface area contributed by atoms with E-state index >= 15 is 8.78 Å². The topological polar surface area (TPSA) is 78.1 Å². The van der Waals surface area contributed by atoms with Crippen LogP contribution in [0.4, 0.5) is 32.4 Å². The number of carbonyl (C=O) groups is 2. The minimum atomic E-state index is -4.58. The molecule has 1 atom stereocenters. The number of carbonyl (C=O) groups excluding carboxylic acids is 2. The fourth-order valence-corrected chi connectivity index (χ4v) is 4.50. The Morgan fingerprint density at radius 1 is 1.00 bits per heavy atom. The van der Waals surface area contributed by atoms with E-state index in [0.29, 0.717) is 22.4 Å². The molecule has 5 rings (SSSR count). The zero-order chi connectivity index (χ0) is 23.5. The van der Waals surface area contributed by atoms with Gasteiger partial charge in [0, 0.05) is 5.69 Å². The number of amides is 3. The number of benzene rings is 2. The number of halogens is 5. The van der Waals surface area contributed by atoms with Gasteiger partial charge < -0.3 is 4.98 Å². The monoisotopic (exact) mass is 478 g/mol. The summed E-state index contributed by atoms with van der Waals surface area (Å²) in [6.07, 6.45) is -3.16. The Hall–Kier alpha value is -3.80. The van der Waals surface area contributed by atoms with Gasteiger partial charge in [-0.3, -0.25) is 15.0 Å². The van der Waals surface area contributed by atoms with Gasteiger partial charge in [-0.05, 0) is 52.9 Å². The summed E-state index contributed by atoms with van der Waals surface area (Å²) in [5, 5.41) is 3.18. The van der Waals surface area contributed by atoms with Crippen LogP contribution in [0.25, 0.3) is 22.2 Å². The molecule has 12 heteroatoms. The minimum Gasteiger partial charge on any atom is -0.345 e. The predicted octanol–water partition coefficient (Wildman–Crippen LogP) is 5.39. The van der Waals surface area contributed by atoms with Gasteiger partial charge in [0.25, 0.3) is 5.91 Å². The first kappa shape index (κ1) is 21.1. The third-order valence-electron chi connectivity index (χ3n) is 5.20. The molecule has 3 heterocycles. The van der Waals surface area contributed by atoms with Crippen molar-refractivity contribution in [2.24, 2.45) is 0 Å². The maximum absolute atomic E-state index is 15.1. The number of anilines is 1. The zero-order valence-corrected chi connectivity index (χ0v) is 17.0. The Labute approximate surface area is 185 Å². The fraction of sp³-hybridized carbons (Fsp3) is 0.0952. The summed E-state index contributed by atoms with van der Waals surface area (Å²) in [6.45, 7) is 0. The van der Waals surface area contributed by atoms with E-state index in [1.54, 1.807) is 6.07 Å². The number of thiophene rings is 1. The number of imidazole rings is 1. The second kappa shape index (κ2) is 7.37. The number of nitrogens with zero attached hydrogens (tertiary/aromatic N) is 2. The predicted molar refractivity (Wildman–Crippen MR) is 110 cm³/mol. The average molecular weight is 478 g/mol. The van der Waals surface area contributed by atoms with Gasteiger partial charge in [-0.2, -0.15) is 13.2 Å². The lowest BCUT2D eigenvalue weighted by atomic mass is 9.99. The van der Waals surface area contributed by atoms with Crippen LogP contribution in [-0.4, -0.2) is 21.9 Å². The number of nitrogens with one attached hydrogen (secondary N) is 2. The molecule has 6 nitrogen and oxygen atoms in total. The molecular weight excluding hydrogens is 467 g/mol. The molecule has 1 unspecified atom stereocenters. The lowest BCUT2D eigenvalue weighted by Gasteiger charge is -2.23. The number of fused-ring (bicyclic) bond motifs is 1. The van der Waals surface area contributed by atoms with Gasteiger partial charge in [-0.1, -0.05) is 0 Å². The first-order valence-corrected chi connectivity index (χ1v) is 10.2. The van der Waals surface area contributed by atoms with E-state index in [4.69, 9.17) is 0 Å². The molecule has 0 aliphatic carbocycles. The van der Waals surface area contributed by atoms with Gasteiger partial charge in [-0.15, -0.1) is 11.3 Å². The maximum Gasteiger partial charge on any atom is 0.425 e. The highest BCUT2D eigenvalue weighted by Gasteiger charge is 2.43. The van der Waals surface area contributed by atoms with E-state index < -0.39 is 46.2 Å². The van der Waals surface area contributed by atoms with Crippen LogP contribution in [0.1, 0.15) is 16.5 Å². The quantitative estimate of drug-likeness (QED) is 0.306. The normalized spacial score (nSPS) is 16.6. The molecule has 2 aromatic carbocycles.